The Morgan fingerprint density at radius 3 is 2.68 bits per heavy atom. The summed E-state index contributed by atoms with van der Waals surface area (Å²) in [6.45, 7) is 4.77. The number of amides is 1. The highest BCUT2D eigenvalue weighted by atomic mass is 16.3. The monoisotopic (exact) mass is 265 g/mol. The van der Waals surface area contributed by atoms with Crippen LogP contribution in [0.3, 0.4) is 0 Å². The summed E-state index contributed by atoms with van der Waals surface area (Å²) in [5.41, 5.74) is 0.752. The number of aromatic nitrogens is 1. The molecular weight excluding hydrogens is 242 g/mol. The first kappa shape index (κ1) is 15.4. The van der Waals surface area contributed by atoms with Gasteiger partial charge in [-0.15, -0.1) is 0 Å². The van der Waals surface area contributed by atoms with Crippen molar-refractivity contribution in [3.63, 3.8) is 0 Å². The van der Waals surface area contributed by atoms with Crippen molar-refractivity contribution in [1.29, 1.82) is 0 Å². The molecule has 5 heteroatoms. The topological polar surface area (TPSA) is 56.7 Å². The molecule has 106 valence electrons. The number of carbonyl (C=O) groups excluding carboxylic acids is 1. The van der Waals surface area contributed by atoms with E-state index in [0.29, 0.717) is 5.82 Å². The molecule has 0 bridgehead atoms. The minimum absolute atomic E-state index is 0.0237. The second-order valence-corrected chi connectivity index (χ2v) is 4.80. The molecule has 0 fully saturated rings. The first-order chi connectivity index (χ1) is 8.97. The smallest absolute Gasteiger partial charge is 0.241 e. The molecule has 0 saturated heterocycles. The van der Waals surface area contributed by atoms with Crippen LogP contribution in [0.2, 0.25) is 0 Å². The first-order valence-electron chi connectivity index (χ1n) is 6.55. The van der Waals surface area contributed by atoms with E-state index in [9.17, 15) is 9.90 Å². The third kappa shape index (κ3) is 4.21. The summed E-state index contributed by atoms with van der Waals surface area (Å²) < 4.78 is 0. The number of aliphatic hydroxyl groups excluding tert-OH is 1. The van der Waals surface area contributed by atoms with Gasteiger partial charge in [-0.2, -0.15) is 0 Å². The molecule has 1 atom stereocenters. The Kier molecular flexibility index (Phi) is 5.76. The van der Waals surface area contributed by atoms with Gasteiger partial charge in [-0.1, -0.05) is 13.0 Å². The maximum Gasteiger partial charge on any atom is 0.241 e. The van der Waals surface area contributed by atoms with E-state index in [0.717, 1.165) is 18.5 Å². The molecule has 1 heterocycles. The average Bonchev–Trinajstić information content (AvgIpc) is 2.37. The lowest BCUT2D eigenvalue weighted by Gasteiger charge is -2.26. The zero-order chi connectivity index (χ0) is 14.4. The summed E-state index contributed by atoms with van der Waals surface area (Å²) >= 11 is 0. The van der Waals surface area contributed by atoms with Crippen molar-refractivity contribution in [3.8, 4) is 0 Å². The summed E-state index contributed by atoms with van der Waals surface area (Å²) in [4.78, 5) is 19.7. The van der Waals surface area contributed by atoms with Crippen LogP contribution in [0.1, 0.15) is 31.9 Å². The van der Waals surface area contributed by atoms with Gasteiger partial charge in [-0.25, -0.2) is 4.98 Å². The van der Waals surface area contributed by atoms with Crippen molar-refractivity contribution in [2.75, 3.05) is 32.1 Å². The summed E-state index contributed by atoms with van der Waals surface area (Å²) in [6.07, 6.45) is 2.00. The molecule has 1 aromatic rings. The maximum absolute atomic E-state index is 11.9. The van der Waals surface area contributed by atoms with Gasteiger partial charge < -0.3 is 14.9 Å². The van der Waals surface area contributed by atoms with E-state index in [4.69, 9.17) is 0 Å². The predicted molar refractivity (Wildman–Crippen MR) is 76.1 cm³/mol. The number of anilines is 1. The second-order valence-electron chi connectivity index (χ2n) is 4.80. The van der Waals surface area contributed by atoms with Crippen LogP contribution in [0.15, 0.2) is 18.3 Å². The first-order valence-corrected chi connectivity index (χ1v) is 6.55. The molecule has 0 aliphatic heterocycles. The van der Waals surface area contributed by atoms with Gasteiger partial charge in [-0.3, -0.25) is 4.79 Å². The van der Waals surface area contributed by atoms with Crippen LogP contribution in [0.25, 0.3) is 0 Å². The van der Waals surface area contributed by atoms with Gasteiger partial charge in [0.05, 0.1) is 12.6 Å². The van der Waals surface area contributed by atoms with Crippen LogP contribution in [0.5, 0.6) is 0 Å². The van der Waals surface area contributed by atoms with E-state index < -0.39 is 6.10 Å². The molecule has 5 nitrogen and oxygen atoms in total. The van der Waals surface area contributed by atoms with E-state index in [2.05, 4.69) is 11.9 Å². The number of aliphatic hydroxyl groups is 1. The van der Waals surface area contributed by atoms with Crippen molar-refractivity contribution in [2.24, 2.45) is 0 Å². The number of carbonyl (C=O) groups is 1. The number of likely N-dealkylation sites (N-methyl/N-ethyl adjacent to an activating group) is 1. The Balaban J connectivity index is 3.02. The molecule has 0 aromatic carbocycles. The second kappa shape index (κ2) is 7.09. The zero-order valence-corrected chi connectivity index (χ0v) is 12.1. The summed E-state index contributed by atoms with van der Waals surface area (Å²) in [6, 6.07) is 3.64. The zero-order valence-electron chi connectivity index (χ0n) is 12.1. The lowest BCUT2D eigenvalue weighted by molar-refractivity contribution is -0.127. The third-order valence-electron chi connectivity index (χ3n) is 2.88. The summed E-state index contributed by atoms with van der Waals surface area (Å²) in [7, 11) is 3.47. The molecule has 19 heavy (non-hydrogen) atoms. The Morgan fingerprint density at radius 1 is 1.47 bits per heavy atom. The Hall–Kier alpha value is -1.62. The fourth-order valence-electron chi connectivity index (χ4n) is 1.83. The van der Waals surface area contributed by atoms with E-state index >= 15 is 0 Å². The predicted octanol–water partition coefficient (Wildman–Crippen LogP) is 1.44. The van der Waals surface area contributed by atoms with Crippen molar-refractivity contribution >= 4 is 11.7 Å². The standard InChI is InChI=1S/C14H23N3O2/c1-5-9-17(10-13(19)16(3)4)14-12(11(2)18)7-6-8-15-14/h6-8,11,18H,5,9-10H2,1-4H3. The normalized spacial score (nSPS) is 12.1. The van der Waals surface area contributed by atoms with Crippen LogP contribution in [-0.2, 0) is 4.79 Å². The molecule has 1 aromatic heterocycles. The van der Waals surface area contributed by atoms with Gasteiger partial charge in [0, 0.05) is 32.4 Å². The molecule has 1 rings (SSSR count). The Bertz CT molecular complexity index is 419. The highest BCUT2D eigenvalue weighted by Crippen LogP contribution is 2.23. The van der Waals surface area contributed by atoms with E-state index in [1.807, 2.05) is 11.0 Å². The number of rotatable bonds is 6. The summed E-state index contributed by atoms with van der Waals surface area (Å²) in [5.74, 6) is 0.713. The van der Waals surface area contributed by atoms with Crippen molar-refractivity contribution < 1.29 is 9.90 Å². The van der Waals surface area contributed by atoms with Gasteiger partial charge in [0.25, 0.3) is 0 Å². The third-order valence-corrected chi connectivity index (χ3v) is 2.88. The van der Waals surface area contributed by atoms with Gasteiger partial charge in [-0.05, 0) is 19.4 Å². The SMILES string of the molecule is CCCN(CC(=O)N(C)C)c1ncccc1C(C)O. The Morgan fingerprint density at radius 2 is 2.16 bits per heavy atom. The van der Waals surface area contributed by atoms with E-state index in [1.54, 1.807) is 38.2 Å². The maximum atomic E-state index is 11.9. The van der Waals surface area contributed by atoms with Crippen LogP contribution >= 0.6 is 0 Å². The lowest BCUT2D eigenvalue weighted by Crippen LogP contribution is -2.38. The molecular formula is C14H23N3O2. The molecule has 0 aliphatic rings. The largest absolute Gasteiger partial charge is 0.389 e. The number of hydrogen-bond acceptors (Lipinski definition) is 4. The fraction of sp³-hybridized carbons (Fsp3) is 0.571. The van der Waals surface area contributed by atoms with Crippen LogP contribution in [-0.4, -0.2) is 48.1 Å². The minimum atomic E-state index is -0.600. The quantitative estimate of drug-likeness (QED) is 0.845. The van der Waals surface area contributed by atoms with Gasteiger partial charge in [0.1, 0.15) is 5.82 Å². The van der Waals surface area contributed by atoms with Crippen molar-refractivity contribution in [2.45, 2.75) is 26.4 Å². The average molecular weight is 265 g/mol. The molecule has 0 aliphatic carbocycles. The van der Waals surface area contributed by atoms with Gasteiger partial charge in [0.15, 0.2) is 0 Å². The van der Waals surface area contributed by atoms with E-state index in [1.165, 1.54) is 0 Å². The van der Waals surface area contributed by atoms with Crippen molar-refractivity contribution in [3.05, 3.63) is 23.9 Å². The number of nitrogens with zero attached hydrogens (tertiary/aromatic N) is 3. The molecule has 1 N–H and O–H groups in total. The van der Waals surface area contributed by atoms with Gasteiger partial charge in [0.2, 0.25) is 5.91 Å². The molecule has 0 radical (unpaired) electrons. The van der Waals surface area contributed by atoms with Crippen LogP contribution in [0, 0.1) is 0 Å². The highest BCUT2D eigenvalue weighted by molar-refractivity contribution is 5.80. The fourth-order valence-corrected chi connectivity index (χ4v) is 1.83. The molecule has 1 unspecified atom stereocenters. The Labute approximate surface area is 114 Å². The van der Waals surface area contributed by atoms with Crippen LogP contribution in [0.4, 0.5) is 5.82 Å². The molecule has 0 spiro atoms. The summed E-state index contributed by atoms with van der Waals surface area (Å²) in [5, 5.41) is 9.80. The minimum Gasteiger partial charge on any atom is -0.389 e. The number of pyridine rings is 1. The van der Waals surface area contributed by atoms with Crippen molar-refractivity contribution in [1.82, 2.24) is 9.88 Å². The van der Waals surface area contributed by atoms with Gasteiger partial charge >= 0.3 is 0 Å². The molecule has 1 amide bonds. The molecule has 0 saturated carbocycles. The van der Waals surface area contributed by atoms with Crippen LogP contribution < -0.4 is 4.90 Å². The highest BCUT2D eigenvalue weighted by Gasteiger charge is 2.18. The number of hydrogen-bond donors (Lipinski definition) is 1. The van der Waals surface area contributed by atoms with E-state index in [-0.39, 0.29) is 12.5 Å². The lowest BCUT2D eigenvalue weighted by atomic mass is 10.1.